The van der Waals surface area contributed by atoms with Crippen molar-refractivity contribution < 1.29 is 14.3 Å². The van der Waals surface area contributed by atoms with Crippen molar-refractivity contribution >= 4 is 23.2 Å². The second kappa shape index (κ2) is 7.13. The standard InChI is InChI=1S/C12H18N2O3S/c1-3-17-12(16)10(13)11(15)14(2)7-6-9-5-4-8-18-9/h4-5,8,10H,3,6-7,13H2,1-2H3. The van der Waals surface area contributed by atoms with Gasteiger partial charge in [0, 0.05) is 18.5 Å². The van der Waals surface area contributed by atoms with Crippen molar-refractivity contribution in [1.82, 2.24) is 4.90 Å². The van der Waals surface area contributed by atoms with Crippen molar-refractivity contribution in [2.24, 2.45) is 5.73 Å². The molecule has 18 heavy (non-hydrogen) atoms. The molecule has 1 unspecified atom stereocenters. The molecule has 0 radical (unpaired) electrons. The van der Waals surface area contributed by atoms with E-state index in [1.54, 1.807) is 25.3 Å². The largest absolute Gasteiger partial charge is 0.464 e. The molecular weight excluding hydrogens is 252 g/mol. The number of carbonyl (C=O) groups is 2. The van der Waals surface area contributed by atoms with Gasteiger partial charge in [0.2, 0.25) is 0 Å². The third-order valence-electron chi connectivity index (χ3n) is 2.46. The maximum atomic E-state index is 11.8. The van der Waals surface area contributed by atoms with E-state index in [1.165, 1.54) is 9.78 Å². The van der Waals surface area contributed by atoms with Gasteiger partial charge >= 0.3 is 5.97 Å². The van der Waals surface area contributed by atoms with Crippen LogP contribution < -0.4 is 5.73 Å². The van der Waals surface area contributed by atoms with Gasteiger partial charge in [-0.25, -0.2) is 4.79 Å². The minimum Gasteiger partial charge on any atom is -0.464 e. The van der Waals surface area contributed by atoms with E-state index in [1.807, 2.05) is 17.5 Å². The minimum atomic E-state index is -1.22. The molecular formula is C12H18N2O3S. The van der Waals surface area contributed by atoms with Crippen LogP contribution in [0.25, 0.3) is 0 Å². The molecule has 5 nitrogen and oxygen atoms in total. The van der Waals surface area contributed by atoms with Gasteiger partial charge in [0.1, 0.15) is 0 Å². The zero-order valence-corrected chi connectivity index (χ0v) is 11.4. The molecule has 0 spiro atoms. The third kappa shape index (κ3) is 4.12. The van der Waals surface area contributed by atoms with Crippen molar-refractivity contribution in [2.45, 2.75) is 19.4 Å². The number of nitrogens with two attached hydrogens (primary N) is 1. The van der Waals surface area contributed by atoms with Crippen molar-refractivity contribution in [1.29, 1.82) is 0 Å². The second-order valence-corrected chi connectivity index (χ2v) is 4.85. The molecule has 1 heterocycles. The van der Waals surface area contributed by atoms with Gasteiger partial charge in [-0.15, -0.1) is 11.3 Å². The average molecular weight is 270 g/mol. The van der Waals surface area contributed by atoms with Crippen molar-refractivity contribution in [3.05, 3.63) is 22.4 Å². The Hall–Kier alpha value is -1.40. The summed E-state index contributed by atoms with van der Waals surface area (Å²) in [5.41, 5.74) is 5.53. The molecule has 0 aliphatic heterocycles. The highest BCUT2D eigenvalue weighted by Crippen LogP contribution is 2.09. The Bertz CT molecular complexity index is 392. The van der Waals surface area contributed by atoms with Gasteiger partial charge in [0.05, 0.1) is 6.61 Å². The van der Waals surface area contributed by atoms with E-state index < -0.39 is 17.9 Å². The molecule has 0 saturated heterocycles. The molecule has 0 bridgehead atoms. The highest BCUT2D eigenvalue weighted by atomic mass is 32.1. The molecule has 100 valence electrons. The second-order valence-electron chi connectivity index (χ2n) is 3.82. The molecule has 1 atom stereocenters. The van der Waals surface area contributed by atoms with E-state index in [2.05, 4.69) is 0 Å². The van der Waals surface area contributed by atoms with Gasteiger partial charge in [0.25, 0.3) is 5.91 Å². The number of likely N-dealkylation sites (N-methyl/N-ethyl adjacent to an activating group) is 1. The number of carbonyl (C=O) groups excluding carboxylic acids is 2. The molecule has 1 aromatic heterocycles. The molecule has 1 amide bonds. The predicted molar refractivity (Wildman–Crippen MR) is 70.3 cm³/mol. The topological polar surface area (TPSA) is 72.6 Å². The zero-order valence-electron chi connectivity index (χ0n) is 10.6. The molecule has 0 aliphatic rings. The van der Waals surface area contributed by atoms with Crippen LogP contribution in [0.5, 0.6) is 0 Å². The van der Waals surface area contributed by atoms with Gasteiger partial charge in [0.15, 0.2) is 6.04 Å². The predicted octanol–water partition coefficient (Wildman–Crippen LogP) is 0.639. The molecule has 0 saturated carbocycles. The summed E-state index contributed by atoms with van der Waals surface area (Å²) in [6, 6.07) is 2.75. The van der Waals surface area contributed by atoms with E-state index >= 15 is 0 Å². The van der Waals surface area contributed by atoms with Crippen LogP contribution in [0.3, 0.4) is 0 Å². The number of hydrogen-bond acceptors (Lipinski definition) is 5. The number of ether oxygens (including phenoxy) is 1. The molecule has 1 aromatic rings. The lowest BCUT2D eigenvalue weighted by Crippen LogP contribution is -2.48. The number of nitrogens with zero attached hydrogens (tertiary/aromatic N) is 1. The van der Waals surface area contributed by atoms with Crippen molar-refractivity contribution in [3.63, 3.8) is 0 Å². The van der Waals surface area contributed by atoms with Gasteiger partial charge in [-0.2, -0.15) is 0 Å². The van der Waals surface area contributed by atoms with Gasteiger partial charge in [-0.1, -0.05) is 6.07 Å². The molecule has 0 aliphatic carbocycles. The highest BCUT2D eigenvalue weighted by molar-refractivity contribution is 7.09. The number of thiophene rings is 1. The fourth-order valence-electron chi connectivity index (χ4n) is 1.41. The zero-order chi connectivity index (χ0) is 13.5. The lowest BCUT2D eigenvalue weighted by atomic mass is 10.2. The summed E-state index contributed by atoms with van der Waals surface area (Å²) in [7, 11) is 1.63. The first-order valence-corrected chi connectivity index (χ1v) is 6.63. The van der Waals surface area contributed by atoms with Gasteiger partial charge in [-0.05, 0) is 24.8 Å². The quantitative estimate of drug-likeness (QED) is 0.608. The van der Waals surface area contributed by atoms with E-state index in [0.29, 0.717) is 6.54 Å². The summed E-state index contributed by atoms with van der Waals surface area (Å²) in [5, 5.41) is 1.99. The summed E-state index contributed by atoms with van der Waals surface area (Å²) >= 11 is 1.64. The first kappa shape index (κ1) is 14.7. The molecule has 0 fully saturated rings. The van der Waals surface area contributed by atoms with E-state index in [9.17, 15) is 9.59 Å². The average Bonchev–Trinajstić information content (AvgIpc) is 2.87. The minimum absolute atomic E-state index is 0.221. The van der Waals surface area contributed by atoms with Crippen LogP contribution in [0.1, 0.15) is 11.8 Å². The SMILES string of the molecule is CCOC(=O)C(N)C(=O)N(C)CCc1cccs1. The fourth-order valence-corrected chi connectivity index (χ4v) is 2.11. The number of esters is 1. The van der Waals surface area contributed by atoms with Gasteiger partial charge in [-0.3, -0.25) is 4.79 Å². The lowest BCUT2D eigenvalue weighted by Gasteiger charge is -2.19. The molecule has 1 rings (SSSR count). The molecule has 2 N–H and O–H groups in total. The van der Waals surface area contributed by atoms with Crippen LogP contribution >= 0.6 is 11.3 Å². The van der Waals surface area contributed by atoms with Crippen LogP contribution in [0.4, 0.5) is 0 Å². The first-order chi connectivity index (χ1) is 8.56. The smallest absolute Gasteiger partial charge is 0.332 e. The molecule has 0 aromatic carbocycles. The summed E-state index contributed by atoms with van der Waals surface area (Å²) in [6.45, 7) is 2.43. The van der Waals surface area contributed by atoms with Gasteiger partial charge < -0.3 is 15.4 Å². The summed E-state index contributed by atoms with van der Waals surface area (Å²) in [5.74, 6) is -1.09. The first-order valence-electron chi connectivity index (χ1n) is 5.75. The Morgan fingerprint density at radius 3 is 2.83 bits per heavy atom. The third-order valence-corrected chi connectivity index (χ3v) is 3.39. The Morgan fingerprint density at radius 1 is 1.56 bits per heavy atom. The van der Waals surface area contributed by atoms with E-state index in [-0.39, 0.29) is 6.61 Å². The lowest BCUT2D eigenvalue weighted by molar-refractivity contribution is -0.150. The Morgan fingerprint density at radius 2 is 2.28 bits per heavy atom. The molecule has 6 heteroatoms. The monoisotopic (exact) mass is 270 g/mol. The van der Waals surface area contributed by atoms with Crippen molar-refractivity contribution in [3.8, 4) is 0 Å². The maximum Gasteiger partial charge on any atom is 0.332 e. The maximum absolute atomic E-state index is 11.8. The van der Waals surface area contributed by atoms with Crippen molar-refractivity contribution in [2.75, 3.05) is 20.2 Å². The van der Waals surface area contributed by atoms with Crippen LogP contribution in [0.2, 0.25) is 0 Å². The number of rotatable bonds is 6. The van der Waals surface area contributed by atoms with Crippen LogP contribution in [0, 0.1) is 0 Å². The summed E-state index contributed by atoms with van der Waals surface area (Å²) in [4.78, 5) is 25.8. The summed E-state index contributed by atoms with van der Waals surface area (Å²) in [6.07, 6.45) is 0.759. The van der Waals surface area contributed by atoms with Crippen LogP contribution in [0.15, 0.2) is 17.5 Å². The Kier molecular flexibility index (Phi) is 5.80. The fraction of sp³-hybridized carbons (Fsp3) is 0.500. The summed E-state index contributed by atoms with van der Waals surface area (Å²) < 4.78 is 4.72. The normalized spacial score (nSPS) is 11.9. The Labute approximate surface area is 111 Å². The van der Waals surface area contributed by atoms with E-state index in [4.69, 9.17) is 10.5 Å². The number of amides is 1. The van der Waals surface area contributed by atoms with E-state index in [0.717, 1.165) is 6.42 Å². The highest BCUT2D eigenvalue weighted by Gasteiger charge is 2.26. The number of hydrogen-bond donors (Lipinski definition) is 1. The van der Waals surface area contributed by atoms with Crippen LogP contribution in [-0.4, -0.2) is 43.0 Å². The Balaban J connectivity index is 2.43. The van der Waals surface area contributed by atoms with Crippen LogP contribution in [-0.2, 0) is 20.7 Å².